The summed E-state index contributed by atoms with van der Waals surface area (Å²) in [6.45, 7) is 4.14. The molecule has 0 bridgehead atoms. The summed E-state index contributed by atoms with van der Waals surface area (Å²) in [4.78, 5) is 0. The zero-order valence-electron chi connectivity index (χ0n) is 10.6. The van der Waals surface area contributed by atoms with Crippen LogP contribution in [-0.2, 0) is 6.54 Å². The molecule has 2 N–H and O–H groups in total. The van der Waals surface area contributed by atoms with Crippen LogP contribution in [0.1, 0.15) is 31.7 Å². The maximum atomic E-state index is 9.66. The third kappa shape index (κ3) is 2.91. The minimum Gasteiger partial charge on any atom is -0.504 e. The molecule has 0 saturated heterocycles. The molecule has 1 fully saturated rings. The quantitative estimate of drug-likeness (QED) is 0.796. The molecule has 0 heterocycles. The Morgan fingerprint density at radius 1 is 1.41 bits per heavy atom. The summed E-state index contributed by atoms with van der Waals surface area (Å²) in [5, 5.41) is 13.1. The zero-order chi connectivity index (χ0) is 12.3. The number of ether oxygens (including phenoxy) is 1. The van der Waals surface area contributed by atoms with Crippen molar-refractivity contribution in [3.8, 4) is 11.5 Å². The van der Waals surface area contributed by atoms with Crippen molar-refractivity contribution in [1.82, 2.24) is 5.32 Å². The normalized spacial score (nSPS) is 16.8. The Kier molecular flexibility index (Phi) is 3.57. The average molecular weight is 235 g/mol. The van der Waals surface area contributed by atoms with Gasteiger partial charge in [0.15, 0.2) is 11.5 Å². The van der Waals surface area contributed by atoms with E-state index in [4.69, 9.17) is 4.74 Å². The van der Waals surface area contributed by atoms with E-state index in [2.05, 4.69) is 12.2 Å². The molecule has 1 saturated carbocycles. The Morgan fingerprint density at radius 3 is 2.71 bits per heavy atom. The van der Waals surface area contributed by atoms with Crippen LogP contribution in [0.4, 0.5) is 0 Å². The highest BCUT2D eigenvalue weighted by molar-refractivity contribution is 5.41. The minimum atomic E-state index is 0.212. The summed E-state index contributed by atoms with van der Waals surface area (Å²) in [6.07, 6.45) is 3.96. The van der Waals surface area contributed by atoms with Gasteiger partial charge in [0.05, 0.1) is 7.11 Å². The van der Waals surface area contributed by atoms with Crippen LogP contribution in [0.3, 0.4) is 0 Å². The molecule has 3 nitrogen and oxygen atoms in total. The van der Waals surface area contributed by atoms with Gasteiger partial charge in [0, 0.05) is 13.1 Å². The minimum absolute atomic E-state index is 0.212. The second kappa shape index (κ2) is 4.96. The lowest BCUT2D eigenvalue weighted by atomic mass is 10.0. The van der Waals surface area contributed by atoms with Crippen molar-refractivity contribution >= 4 is 0 Å². The summed E-state index contributed by atoms with van der Waals surface area (Å²) in [6, 6.07) is 5.55. The monoisotopic (exact) mass is 235 g/mol. The number of hydrogen-bond acceptors (Lipinski definition) is 3. The molecule has 94 valence electrons. The molecule has 0 atom stereocenters. The third-order valence-electron chi connectivity index (χ3n) is 3.78. The van der Waals surface area contributed by atoms with Crippen molar-refractivity contribution in [2.24, 2.45) is 5.41 Å². The van der Waals surface area contributed by atoms with E-state index < -0.39 is 0 Å². The van der Waals surface area contributed by atoms with Gasteiger partial charge in [-0.2, -0.15) is 0 Å². The van der Waals surface area contributed by atoms with Crippen molar-refractivity contribution < 1.29 is 9.84 Å². The smallest absolute Gasteiger partial charge is 0.160 e. The number of aromatic hydroxyl groups is 1. The highest BCUT2D eigenvalue weighted by Crippen LogP contribution is 2.47. The van der Waals surface area contributed by atoms with Crippen LogP contribution in [0, 0.1) is 5.41 Å². The Labute approximate surface area is 103 Å². The largest absolute Gasteiger partial charge is 0.504 e. The summed E-state index contributed by atoms with van der Waals surface area (Å²) in [7, 11) is 1.56. The molecule has 1 aromatic carbocycles. The molecule has 3 heteroatoms. The molecule has 0 radical (unpaired) electrons. The molecular formula is C14H21NO2. The molecule has 0 amide bonds. The zero-order valence-corrected chi connectivity index (χ0v) is 10.6. The molecular weight excluding hydrogens is 214 g/mol. The van der Waals surface area contributed by atoms with Gasteiger partial charge in [-0.1, -0.05) is 13.0 Å². The van der Waals surface area contributed by atoms with Crippen molar-refractivity contribution in [2.45, 2.75) is 32.7 Å². The summed E-state index contributed by atoms with van der Waals surface area (Å²) in [5.41, 5.74) is 1.66. The molecule has 1 aromatic rings. The number of methoxy groups -OCH3 is 1. The van der Waals surface area contributed by atoms with Gasteiger partial charge in [-0.15, -0.1) is 0 Å². The predicted molar refractivity (Wildman–Crippen MR) is 68.3 cm³/mol. The highest BCUT2D eigenvalue weighted by atomic mass is 16.5. The maximum absolute atomic E-state index is 9.66. The number of phenols is 1. The van der Waals surface area contributed by atoms with E-state index in [0.717, 1.165) is 18.7 Å². The van der Waals surface area contributed by atoms with Gasteiger partial charge >= 0.3 is 0 Å². The SMILES string of the molecule is CCC1(CNCc2ccc(OC)c(O)c2)CC1. The van der Waals surface area contributed by atoms with E-state index >= 15 is 0 Å². The highest BCUT2D eigenvalue weighted by Gasteiger charge is 2.39. The summed E-state index contributed by atoms with van der Waals surface area (Å²) < 4.78 is 5.02. The lowest BCUT2D eigenvalue weighted by Gasteiger charge is -2.13. The Hall–Kier alpha value is -1.22. The van der Waals surface area contributed by atoms with Gasteiger partial charge in [0.1, 0.15) is 0 Å². The second-order valence-electron chi connectivity index (χ2n) is 4.96. The standard InChI is InChI=1S/C14H21NO2/c1-3-14(6-7-14)10-15-9-11-4-5-13(17-2)12(16)8-11/h4-5,8,15-16H,3,6-7,9-10H2,1-2H3. The van der Waals surface area contributed by atoms with Gasteiger partial charge in [0.25, 0.3) is 0 Å². The lowest BCUT2D eigenvalue weighted by molar-refractivity contribution is 0.372. The first-order valence-corrected chi connectivity index (χ1v) is 6.26. The van der Waals surface area contributed by atoms with Crippen molar-refractivity contribution in [3.63, 3.8) is 0 Å². The molecule has 1 aliphatic rings. The van der Waals surface area contributed by atoms with Crippen LogP contribution in [0.2, 0.25) is 0 Å². The Balaban J connectivity index is 1.85. The van der Waals surface area contributed by atoms with Crippen molar-refractivity contribution in [2.75, 3.05) is 13.7 Å². The Morgan fingerprint density at radius 2 is 2.18 bits per heavy atom. The lowest BCUT2D eigenvalue weighted by Crippen LogP contribution is -2.23. The number of hydrogen-bond donors (Lipinski definition) is 2. The molecule has 0 unspecified atom stereocenters. The van der Waals surface area contributed by atoms with Crippen LogP contribution >= 0.6 is 0 Å². The van der Waals surface area contributed by atoms with Gasteiger partial charge in [0.2, 0.25) is 0 Å². The second-order valence-corrected chi connectivity index (χ2v) is 4.96. The van der Waals surface area contributed by atoms with E-state index in [0.29, 0.717) is 11.2 Å². The fourth-order valence-corrected chi connectivity index (χ4v) is 2.15. The van der Waals surface area contributed by atoms with Gasteiger partial charge in [-0.25, -0.2) is 0 Å². The fraction of sp³-hybridized carbons (Fsp3) is 0.571. The molecule has 1 aliphatic carbocycles. The van der Waals surface area contributed by atoms with Crippen LogP contribution in [0.25, 0.3) is 0 Å². The van der Waals surface area contributed by atoms with E-state index in [-0.39, 0.29) is 5.75 Å². The first-order valence-electron chi connectivity index (χ1n) is 6.26. The molecule has 2 rings (SSSR count). The average Bonchev–Trinajstić information content (AvgIpc) is 3.10. The number of phenolic OH excluding ortho intramolecular Hbond substituents is 1. The first-order chi connectivity index (χ1) is 8.19. The fourth-order valence-electron chi connectivity index (χ4n) is 2.15. The van der Waals surface area contributed by atoms with Gasteiger partial charge in [-0.05, 0) is 42.4 Å². The number of rotatable bonds is 6. The Bertz CT molecular complexity index is 386. The third-order valence-corrected chi connectivity index (χ3v) is 3.78. The van der Waals surface area contributed by atoms with Crippen molar-refractivity contribution in [1.29, 1.82) is 0 Å². The molecule has 0 aromatic heterocycles. The van der Waals surface area contributed by atoms with Gasteiger partial charge < -0.3 is 15.2 Å². The predicted octanol–water partition coefficient (Wildman–Crippen LogP) is 2.68. The van der Waals surface area contributed by atoms with Crippen LogP contribution in [-0.4, -0.2) is 18.8 Å². The van der Waals surface area contributed by atoms with E-state index in [1.54, 1.807) is 19.2 Å². The maximum Gasteiger partial charge on any atom is 0.160 e. The van der Waals surface area contributed by atoms with Crippen LogP contribution in [0.5, 0.6) is 11.5 Å². The molecule has 0 aliphatic heterocycles. The number of nitrogens with one attached hydrogen (secondary N) is 1. The molecule has 17 heavy (non-hydrogen) atoms. The summed E-state index contributed by atoms with van der Waals surface area (Å²) in [5.74, 6) is 0.740. The molecule has 0 spiro atoms. The van der Waals surface area contributed by atoms with Crippen LogP contribution < -0.4 is 10.1 Å². The van der Waals surface area contributed by atoms with Crippen LogP contribution in [0.15, 0.2) is 18.2 Å². The van der Waals surface area contributed by atoms with Gasteiger partial charge in [-0.3, -0.25) is 0 Å². The van der Waals surface area contributed by atoms with E-state index in [9.17, 15) is 5.11 Å². The van der Waals surface area contributed by atoms with E-state index in [1.165, 1.54) is 19.3 Å². The number of benzene rings is 1. The van der Waals surface area contributed by atoms with E-state index in [1.807, 2.05) is 6.07 Å². The summed E-state index contributed by atoms with van der Waals surface area (Å²) >= 11 is 0. The van der Waals surface area contributed by atoms with Crippen molar-refractivity contribution in [3.05, 3.63) is 23.8 Å². The topological polar surface area (TPSA) is 41.5 Å². The first kappa shape index (κ1) is 12.2.